The van der Waals surface area contributed by atoms with Crippen LogP contribution in [0.5, 0.6) is 0 Å². The van der Waals surface area contributed by atoms with Gasteiger partial charge < -0.3 is 14.8 Å². The standard InChI is InChI=1S/C15H16N2O4/c16-8-11-3-1-4-12(7-11)15(19)21-10-14(18)17-9-13-5-2-6-20-13/h1,3-4,7,13H,2,5-6,9-10H2,(H,17,18). The van der Waals surface area contributed by atoms with Crippen LogP contribution < -0.4 is 5.32 Å². The summed E-state index contributed by atoms with van der Waals surface area (Å²) in [7, 11) is 0. The van der Waals surface area contributed by atoms with Crippen molar-refractivity contribution in [1.82, 2.24) is 5.32 Å². The minimum absolute atomic E-state index is 0.0527. The molecule has 1 unspecified atom stereocenters. The zero-order valence-electron chi connectivity index (χ0n) is 11.5. The molecule has 2 rings (SSSR count). The lowest BCUT2D eigenvalue weighted by atomic mass is 10.1. The summed E-state index contributed by atoms with van der Waals surface area (Å²) in [6.07, 6.45) is 1.99. The number of ether oxygens (including phenoxy) is 2. The molecule has 1 aromatic carbocycles. The molecule has 1 saturated heterocycles. The number of hydrogen-bond acceptors (Lipinski definition) is 5. The molecule has 110 valence electrons. The predicted octanol–water partition coefficient (Wildman–Crippen LogP) is 1.01. The first kappa shape index (κ1) is 15.0. The number of hydrogen-bond donors (Lipinski definition) is 1. The van der Waals surface area contributed by atoms with E-state index in [-0.39, 0.29) is 24.2 Å². The van der Waals surface area contributed by atoms with Gasteiger partial charge in [0.05, 0.1) is 23.3 Å². The number of esters is 1. The molecule has 0 aromatic heterocycles. The SMILES string of the molecule is N#Cc1cccc(C(=O)OCC(=O)NCC2CCCO2)c1. The highest BCUT2D eigenvalue weighted by Crippen LogP contribution is 2.10. The number of nitriles is 1. The van der Waals surface area contributed by atoms with Crippen LogP contribution in [0.2, 0.25) is 0 Å². The van der Waals surface area contributed by atoms with E-state index in [1.807, 2.05) is 6.07 Å². The molecule has 1 fully saturated rings. The van der Waals surface area contributed by atoms with E-state index in [9.17, 15) is 9.59 Å². The average Bonchev–Trinajstić information content (AvgIpc) is 3.04. The first-order valence-corrected chi connectivity index (χ1v) is 6.74. The molecule has 0 aliphatic carbocycles. The Kier molecular flexibility index (Phi) is 5.29. The summed E-state index contributed by atoms with van der Waals surface area (Å²) in [5.74, 6) is -0.991. The fraction of sp³-hybridized carbons (Fsp3) is 0.400. The monoisotopic (exact) mass is 288 g/mol. The molecule has 6 heteroatoms. The lowest BCUT2D eigenvalue weighted by Gasteiger charge is -2.11. The highest BCUT2D eigenvalue weighted by atomic mass is 16.5. The van der Waals surface area contributed by atoms with Gasteiger partial charge in [0.2, 0.25) is 0 Å². The fourth-order valence-corrected chi connectivity index (χ4v) is 2.01. The van der Waals surface area contributed by atoms with Crippen LogP contribution in [0.4, 0.5) is 0 Å². The van der Waals surface area contributed by atoms with Gasteiger partial charge in [-0.2, -0.15) is 5.26 Å². The van der Waals surface area contributed by atoms with Gasteiger partial charge in [-0.25, -0.2) is 4.79 Å². The molecule has 1 amide bonds. The minimum Gasteiger partial charge on any atom is -0.452 e. The van der Waals surface area contributed by atoms with E-state index < -0.39 is 5.97 Å². The number of benzene rings is 1. The van der Waals surface area contributed by atoms with E-state index in [0.29, 0.717) is 12.1 Å². The topological polar surface area (TPSA) is 88.4 Å². The van der Waals surface area contributed by atoms with Crippen molar-refractivity contribution in [2.24, 2.45) is 0 Å². The smallest absolute Gasteiger partial charge is 0.338 e. The highest BCUT2D eigenvalue weighted by molar-refractivity contribution is 5.91. The van der Waals surface area contributed by atoms with Gasteiger partial charge in [-0.3, -0.25) is 4.79 Å². The zero-order valence-corrected chi connectivity index (χ0v) is 11.5. The van der Waals surface area contributed by atoms with Crippen LogP contribution in [-0.4, -0.2) is 37.7 Å². The van der Waals surface area contributed by atoms with Gasteiger partial charge >= 0.3 is 5.97 Å². The van der Waals surface area contributed by atoms with Crippen LogP contribution >= 0.6 is 0 Å². The fourth-order valence-electron chi connectivity index (χ4n) is 2.01. The first-order valence-electron chi connectivity index (χ1n) is 6.74. The van der Waals surface area contributed by atoms with Crippen LogP contribution in [0.15, 0.2) is 24.3 Å². The number of rotatable bonds is 5. The normalized spacial score (nSPS) is 17.0. The molecule has 1 heterocycles. The van der Waals surface area contributed by atoms with Crippen LogP contribution in [0.1, 0.15) is 28.8 Å². The van der Waals surface area contributed by atoms with Gasteiger partial charge in [0, 0.05) is 13.2 Å². The van der Waals surface area contributed by atoms with Crippen molar-refractivity contribution >= 4 is 11.9 Å². The van der Waals surface area contributed by atoms with Crippen LogP contribution in [-0.2, 0) is 14.3 Å². The van der Waals surface area contributed by atoms with Gasteiger partial charge in [0.1, 0.15) is 0 Å². The molecule has 0 radical (unpaired) electrons. The molecule has 0 spiro atoms. The molecule has 1 aromatic rings. The van der Waals surface area contributed by atoms with Gasteiger partial charge in [-0.15, -0.1) is 0 Å². The maximum absolute atomic E-state index is 11.7. The number of amides is 1. The van der Waals surface area contributed by atoms with Crippen molar-refractivity contribution in [1.29, 1.82) is 5.26 Å². The van der Waals surface area contributed by atoms with E-state index >= 15 is 0 Å². The van der Waals surface area contributed by atoms with Gasteiger partial charge in [0.15, 0.2) is 6.61 Å². The van der Waals surface area contributed by atoms with Crippen LogP contribution in [0.25, 0.3) is 0 Å². The second-order valence-electron chi connectivity index (χ2n) is 4.71. The van der Waals surface area contributed by atoms with Crippen molar-refractivity contribution in [2.45, 2.75) is 18.9 Å². The molecule has 1 N–H and O–H groups in total. The summed E-state index contributed by atoms with van der Waals surface area (Å²) < 4.78 is 10.3. The van der Waals surface area contributed by atoms with E-state index in [2.05, 4.69) is 5.32 Å². The maximum atomic E-state index is 11.7. The average molecular weight is 288 g/mol. The van der Waals surface area contributed by atoms with Crippen molar-refractivity contribution in [2.75, 3.05) is 19.8 Å². The second-order valence-corrected chi connectivity index (χ2v) is 4.71. The third-order valence-corrected chi connectivity index (χ3v) is 3.11. The maximum Gasteiger partial charge on any atom is 0.338 e. The number of nitrogens with zero attached hydrogens (tertiary/aromatic N) is 1. The Labute approximate surface area is 122 Å². The quantitative estimate of drug-likeness (QED) is 0.817. The summed E-state index contributed by atoms with van der Waals surface area (Å²) in [6, 6.07) is 8.07. The van der Waals surface area contributed by atoms with Crippen LogP contribution in [0, 0.1) is 11.3 Å². The zero-order chi connectivity index (χ0) is 15.1. The largest absolute Gasteiger partial charge is 0.452 e. The predicted molar refractivity (Wildman–Crippen MR) is 73.4 cm³/mol. The Bertz CT molecular complexity index is 559. The Morgan fingerprint density at radius 3 is 3.05 bits per heavy atom. The first-order chi connectivity index (χ1) is 10.2. The Balaban J connectivity index is 1.75. The summed E-state index contributed by atoms with van der Waals surface area (Å²) in [6.45, 7) is 0.813. The van der Waals surface area contributed by atoms with Gasteiger partial charge in [0.25, 0.3) is 5.91 Å². The minimum atomic E-state index is -0.626. The summed E-state index contributed by atoms with van der Waals surface area (Å²) in [5, 5.41) is 11.4. The molecule has 1 aliphatic heterocycles. The lowest BCUT2D eigenvalue weighted by Crippen LogP contribution is -2.34. The Hall–Kier alpha value is -2.39. The van der Waals surface area contributed by atoms with Crippen molar-refractivity contribution in [3.63, 3.8) is 0 Å². The highest BCUT2D eigenvalue weighted by Gasteiger charge is 2.17. The molecule has 0 saturated carbocycles. The van der Waals surface area contributed by atoms with E-state index in [1.165, 1.54) is 12.1 Å². The van der Waals surface area contributed by atoms with Crippen molar-refractivity contribution in [3.8, 4) is 6.07 Å². The molecular weight excluding hydrogens is 272 g/mol. The molecule has 1 atom stereocenters. The molecule has 1 aliphatic rings. The Morgan fingerprint density at radius 1 is 1.48 bits per heavy atom. The number of nitrogens with one attached hydrogen (secondary N) is 1. The third kappa shape index (κ3) is 4.58. The summed E-state index contributed by atoms with van der Waals surface area (Å²) >= 11 is 0. The third-order valence-electron chi connectivity index (χ3n) is 3.11. The van der Waals surface area contributed by atoms with E-state index in [4.69, 9.17) is 14.7 Å². The summed E-state index contributed by atoms with van der Waals surface area (Å²) in [5.41, 5.74) is 0.619. The van der Waals surface area contributed by atoms with E-state index in [1.54, 1.807) is 12.1 Å². The number of carbonyl (C=O) groups excluding carboxylic acids is 2. The molecule has 6 nitrogen and oxygen atoms in total. The van der Waals surface area contributed by atoms with Gasteiger partial charge in [-0.05, 0) is 31.0 Å². The second kappa shape index (κ2) is 7.41. The van der Waals surface area contributed by atoms with Crippen LogP contribution in [0.3, 0.4) is 0 Å². The van der Waals surface area contributed by atoms with Gasteiger partial charge in [-0.1, -0.05) is 6.07 Å². The Morgan fingerprint density at radius 2 is 2.33 bits per heavy atom. The molecular formula is C15H16N2O4. The molecule has 0 bridgehead atoms. The van der Waals surface area contributed by atoms with Crippen molar-refractivity contribution in [3.05, 3.63) is 35.4 Å². The summed E-state index contributed by atoms with van der Waals surface area (Å²) in [4.78, 5) is 23.3. The lowest BCUT2D eigenvalue weighted by molar-refractivity contribution is -0.124. The van der Waals surface area contributed by atoms with Crippen molar-refractivity contribution < 1.29 is 19.1 Å². The number of carbonyl (C=O) groups is 2. The molecule has 21 heavy (non-hydrogen) atoms. The van der Waals surface area contributed by atoms with E-state index in [0.717, 1.165) is 19.4 Å².